The number of nitrogens with one attached hydrogen (secondary N) is 4. The van der Waals surface area contributed by atoms with Crippen molar-refractivity contribution < 1.29 is 28.7 Å². The Morgan fingerprint density at radius 2 is 1.15 bits per heavy atom. The highest BCUT2D eigenvalue weighted by atomic mass is 35.5. The number of carbonyl (C=O) groups excluding carboxylic acids is 4. The van der Waals surface area contributed by atoms with Crippen LogP contribution in [0.2, 0.25) is 29.4 Å². The van der Waals surface area contributed by atoms with E-state index in [9.17, 15) is 19.2 Å². The molecule has 3 fully saturated rings. The number of nitrogens with zero attached hydrogens (tertiary/aromatic N) is 4. The highest BCUT2D eigenvalue weighted by molar-refractivity contribution is 6.78. The van der Waals surface area contributed by atoms with Crippen molar-refractivity contribution in [3.63, 3.8) is 0 Å². The van der Waals surface area contributed by atoms with E-state index < -0.39 is 32.3 Å². The predicted octanol–water partition coefficient (Wildman–Crippen LogP) is 7.99. The predicted molar refractivity (Wildman–Crippen MR) is 228 cm³/mol. The molecule has 4 aromatic rings. The van der Waals surface area contributed by atoms with Gasteiger partial charge in [-0.3, -0.25) is 9.59 Å². The lowest BCUT2D eigenvalue weighted by atomic mass is 10.0. The van der Waals surface area contributed by atoms with Crippen molar-refractivity contribution >= 4 is 55.3 Å². The Bertz CT molecular complexity index is 2230. The number of carbonyl (C=O) groups is 4. The van der Waals surface area contributed by atoms with E-state index in [4.69, 9.17) is 37.7 Å². The first-order valence-corrected chi connectivity index (χ1v) is 24.2. The molecule has 0 spiro atoms. The molecule has 0 unspecified atom stereocenters. The lowest BCUT2D eigenvalue weighted by Gasteiger charge is -2.31. The largest absolute Gasteiger partial charge is 0.453 e. The first-order valence-electron chi connectivity index (χ1n) is 20.0. The number of fused-ring (bicyclic) bond motifs is 1. The van der Waals surface area contributed by atoms with Crippen molar-refractivity contribution in [3.05, 3.63) is 70.5 Å². The van der Waals surface area contributed by atoms with Gasteiger partial charge in [-0.15, -0.1) is 0 Å². The molecule has 1 saturated carbocycles. The van der Waals surface area contributed by atoms with E-state index >= 15 is 0 Å². The number of hydrogen-bond acceptors (Lipinski definition) is 8. The summed E-state index contributed by atoms with van der Waals surface area (Å²) >= 11 is 13.5. The van der Waals surface area contributed by atoms with Crippen LogP contribution in [0.5, 0.6) is 0 Å². The van der Waals surface area contributed by atoms with E-state index in [1.807, 2.05) is 86.0 Å². The fourth-order valence-corrected chi connectivity index (χ4v) is 12.0. The van der Waals surface area contributed by atoms with Crippen LogP contribution in [0, 0.1) is 17.8 Å². The third-order valence-electron chi connectivity index (χ3n) is 11.8. The summed E-state index contributed by atoms with van der Waals surface area (Å²) in [7, 11) is 0.756. The van der Waals surface area contributed by atoms with Crippen LogP contribution in [-0.4, -0.2) is 100 Å². The van der Waals surface area contributed by atoms with Gasteiger partial charge in [-0.05, 0) is 47.8 Å². The molecule has 0 radical (unpaired) electrons. The van der Waals surface area contributed by atoms with Crippen LogP contribution in [0.4, 0.5) is 9.59 Å². The number of amides is 4. The first kappa shape index (κ1) is 42.3. The molecule has 314 valence electrons. The van der Waals surface area contributed by atoms with Crippen molar-refractivity contribution in [2.45, 2.75) is 89.9 Å². The third kappa shape index (κ3) is 8.60. The normalized spacial score (nSPS) is 21.6. The maximum Gasteiger partial charge on any atom is 0.407 e. The topological polar surface area (TPSA) is 175 Å². The van der Waals surface area contributed by atoms with Crippen molar-refractivity contribution in [1.29, 1.82) is 0 Å². The Morgan fingerprint density at radius 1 is 0.712 bits per heavy atom. The lowest BCUT2D eigenvalue weighted by Crippen LogP contribution is -2.52. The highest BCUT2D eigenvalue weighted by Gasteiger charge is 2.56. The standard InChI is InChI=1S/C42H52Cl2N8O6Si/c1-21(2)31(47-41(55)57-5)39(53)51-20-59(7,8)19-30(51)38-46-34(36(44)50-38)26-15-11-24(12-16-26)23-9-13-25(14-10-23)33-35(43)49-37(45-33)29-18-27-17-28(27)52(29)40(54)32(22(3)4)48-42(56)58-6/h9-16,21-22,27-32H,17-20H2,1-8H3,(H,45,49)(H,46,50)(H,47,55)(H,48,56)/t27-,28-,29+,30+,31+,32+/m1/s1. The molecule has 2 aromatic carbocycles. The number of hydrogen-bond donors (Lipinski definition) is 4. The Hall–Kier alpha value is -4.86. The molecule has 2 saturated heterocycles. The van der Waals surface area contributed by atoms with Crippen molar-refractivity contribution in [2.75, 3.05) is 20.4 Å². The highest BCUT2D eigenvalue weighted by Crippen LogP contribution is 2.54. The van der Waals surface area contributed by atoms with Crippen LogP contribution in [-0.2, 0) is 19.1 Å². The van der Waals surface area contributed by atoms with Gasteiger partial charge in [-0.25, -0.2) is 19.6 Å². The number of imidazole rings is 2. The summed E-state index contributed by atoms with van der Waals surface area (Å²) < 4.78 is 9.59. The summed E-state index contributed by atoms with van der Waals surface area (Å²) in [6.45, 7) is 12.1. The lowest BCUT2D eigenvalue weighted by molar-refractivity contribution is -0.137. The number of likely N-dealkylation sites (tertiary alicyclic amines) is 1. The summed E-state index contributed by atoms with van der Waals surface area (Å²) in [5.74, 6) is 1.05. The second kappa shape index (κ2) is 16.7. The Morgan fingerprint density at radius 3 is 1.61 bits per heavy atom. The monoisotopic (exact) mass is 862 g/mol. The zero-order valence-corrected chi connectivity index (χ0v) is 37.1. The van der Waals surface area contributed by atoms with Crippen LogP contribution in [0.15, 0.2) is 48.5 Å². The number of ether oxygens (including phenoxy) is 2. The number of methoxy groups -OCH3 is 2. The molecule has 6 atom stereocenters. The zero-order chi connectivity index (χ0) is 42.5. The van der Waals surface area contributed by atoms with E-state index in [1.165, 1.54) is 14.2 Å². The Labute approximate surface area is 355 Å². The average molecular weight is 864 g/mol. The molecule has 4 amide bonds. The molecule has 14 nitrogen and oxygen atoms in total. The fourth-order valence-electron chi connectivity index (χ4n) is 8.60. The van der Waals surface area contributed by atoms with Crippen LogP contribution in [0.25, 0.3) is 33.6 Å². The van der Waals surface area contributed by atoms with Gasteiger partial charge in [0.25, 0.3) is 0 Å². The molecule has 59 heavy (non-hydrogen) atoms. The fraction of sp³-hybridized carbons (Fsp3) is 0.476. The maximum atomic E-state index is 13.9. The second-order valence-corrected chi connectivity index (χ2v) is 23.1. The number of piperidine rings is 1. The minimum atomic E-state index is -1.81. The molecule has 2 aliphatic heterocycles. The van der Waals surface area contributed by atoms with Gasteiger partial charge in [0, 0.05) is 23.3 Å². The molecule has 2 aromatic heterocycles. The van der Waals surface area contributed by atoms with E-state index in [0.29, 0.717) is 45.4 Å². The van der Waals surface area contributed by atoms with E-state index in [-0.39, 0.29) is 41.8 Å². The van der Waals surface area contributed by atoms with Crippen molar-refractivity contribution in [1.82, 2.24) is 40.4 Å². The minimum Gasteiger partial charge on any atom is -0.453 e. The molecular weight excluding hydrogens is 812 g/mol. The van der Waals surface area contributed by atoms with E-state index in [1.54, 1.807) is 0 Å². The smallest absolute Gasteiger partial charge is 0.407 e. The Kier molecular flexibility index (Phi) is 11.9. The number of alkyl carbamates (subject to hydrolysis) is 2. The molecule has 1 aliphatic carbocycles. The van der Waals surface area contributed by atoms with Crippen LogP contribution in [0.3, 0.4) is 0 Å². The number of H-pyrrole nitrogens is 2. The summed E-state index contributed by atoms with van der Waals surface area (Å²) in [6.07, 6.45) is 1.06. The van der Waals surface area contributed by atoms with E-state index in [2.05, 4.69) is 38.7 Å². The number of aromatic nitrogens is 4. The van der Waals surface area contributed by atoms with Crippen molar-refractivity contribution in [2.24, 2.45) is 17.8 Å². The molecule has 17 heteroatoms. The second-order valence-electron chi connectivity index (χ2n) is 17.4. The van der Waals surface area contributed by atoms with Gasteiger partial charge in [0.15, 0.2) is 10.3 Å². The molecule has 4 heterocycles. The maximum absolute atomic E-state index is 13.9. The van der Waals surface area contributed by atoms with Gasteiger partial charge < -0.3 is 39.9 Å². The number of benzene rings is 2. The molecule has 4 N–H and O–H groups in total. The van der Waals surface area contributed by atoms with Gasteiger partial charge in [-0.1, -0.05) is 113 Å². The number of aromatic amines is 2. The van der Waals surface area contributed by atoms with Crippen LogP contribution < -0.4 is 10.6 Å². The number of halogens is 2. The summed E-state index contributed by atoms with van der Waals surface area (Å²) in [6, 6.07) is 14.9. The first-order chi connectivity index (χ1) is 28.0. The SMILES string of the molecule is COC(=O)N[C@H](C(=O)N1C[Si](C)(C)C[C@H]1c1nc(Cl)c(-c2ccc(-c3ccc(-c4[nH]c([C@@H]5C[C@H]6C[C@H]6N5C(=O)[C@@H](NC(=O)OC)C(C)C)nc4Cl)cc3)cc2)[nH]1)C(C)C. The van der Waals surface area contributed by atoms with Gasteiger partial charge in [0.05, 0.1) is 45.8 Å². The van der Waals surface area contributed by atoms with Gasteiger partial charge in [-0.2, -0.15) is 0 Å². The summed E-state index contributed by atoms with van der Waals surface area (Å²) in [5.41, 5.74) is 5.02. The molecule has 0 bridgehead atoms. The van der Waals surface area contributed by atoms with Gasteiger partial charge in [0.1, 0.15) is 23.7 Å². The molecule has 7 rings (SSSR count). The van der Waals surface area contributed by atoms with Crippen LogP contribution in [0.1, 0.15) is 64.3 Å². The third-order valence-corrected chi connectivity index (χ3v) is 15.0. The Balaban J connectivity index is 1.06. The van der Waals surface area contributed by atoms with Crippen molar-refractivity contribution in [3.8, 4) is 33.6 Å². The van der Waals surface area contributed by atoms with Gasteiger partial charge >= 0.3 is 12.2 Å². The van der Waals surface area contributed by atoms with Gasteiger partial charge in [0.2, 0.25) is 11.8 Å². The molecular formula is C42H52Cl2N8O6Si. The zero-order valence-electron chi connectivity index (χ0n) is 34.6. The number of rotatable bonds is 11. The quantitative estimate of drug-likeness (QED) is 0.110. The average Bonchev–Trinajstić information content (AvgIpc) is 3.49. The summed E-state index contributed by atoms with van der Waals surface area (Å²) in [4.78, 5) is 71.9. The minimum absolute atomic E-state index is 0.112. The van der Waals surface area contributed by atoms with E-state index in [0.717, 1.165) is 41.1 Å². The summed E-state index contributed by atoms with van der Waals surface area (Å²) in [5, 5.41) is 6.08. The molecule has 3 aliphatic rings. The van der Waals surface area contributed by atoms with Crippen LogP contribution >= 0.6 is 23.2 Å².